The van der Waals surface area contributed by atoms with Crippen molar-refractivity contribution in [1.29, 1.82) is 0 Å². The molecule has 0 saturated carbocycles. The second kappa shape index (κ2) is 8.02. The Bertz CT molecular complexity index is 878. The van der Waals surface area contributed by atoms with Gasteiger partial charge in [0.25, 0.3) is 0 Å². The fourth-order valence-corrected chi connectivity index (χ4v) is 3.03. The van der Waals surface area contributed by atoms with Gasteiger partial charge >= 0.3 is 20.1 Å². The first-order valence-corrected chi connectivity index (χ1v) is 8.09. The summed E-state index contributed by atoms with van der Waals surface area (Å²) in [6.07, 6.45) is 1.90. The summed E-state index contributed by atoms with van der Waals surface area (Å²) in [6.45, 7) is 0. The molecule has 0 atom stereocenters. The Hall–Kier alpha value is -2.54. The molecule has 1 heterocycles. The van der Waals surface area contributed by atoms with E-state index in [4.69, 9.17) is 4.98 Å². The molecule has 1 aromatic heterocycles. The minimum Gasteiger partial charge on any atom is -0.256 e. The van der Waals surface area contributed by atoms with Crippen molar-refractivity contribution in [2.75, 3.05) is 0 Å². The average Bonchev–Trinajstić information content (AvgIpc) is 2.69. The van der Waals surface area contributed by atoms with Gasteiger partial charge in [-0.25, -0.2) is 0 Å². The third-order valence-corrected chi connectivity index (χ3v) is 4.15. The Labute approximate surface area is 161 Å². The maximum absolute atomic E-state index is 4.71. The summed E-state index contributed by atoms with van der Waals surface area (Å²) < 4.78 is 0. The summed E-state index contributed by atoms with van der Waals surface area (Å²) in [7, 11) is 0. The van der Waals surface area contributed by atoms with Crippen LogP contribution in [0.2, 0.25) is 0 Å². The quantitative estimate of drug-likeness (QED) is 0.333. The van der Waals surface area contributed by atoms with E-state index in [-0.39, 0.29) is 20.1 Å². The normalized spacial score (nSPS) is 10.1. The predicted molar refractivity (Wildman–Crippen MR) is 101 cm³/mol. The van der Waals surface area contributed by atoms with Crippen molar-refractivity contribution in [3.63, 3.8) is 0 Å². The molecule has 1 nitrogen and oxygen atoms in total. The first-order valence-electron chi connectivity index (χ1n) is 8.09. The van der Waals surface area contributed by atoms with E-state index in [1.807, 2.05) is 24.4 Å². The minimum absolute atomic E-state index is 0. The fourth-order valence-electron chi connectivity index (χ4n) is 3.03. The van der Waals surface area contributed by atoms with Crippen molar-refractivity contribution in [2.24, 2.45) is 0 Å². The van der Waals surface area contributed by atoms with Gasteiger partial charge in [-0.05, 0) is 22.8 Å². The second-order valence-electron chi connectivity index (χ2n) is 5.68. The van der Waals surface area contributed by atoms with Crippen molar-refractivity contribution >= 4 is 0 Å². The summed E-state index contributed by atoms with van der Waals surface area (Å²) in [6, 6.07) is 33.5. The molecule has 4 rings (SSSR count). The molecule has 0 aliphatic heterocycles. The summed E-state index contributed by atoms with van der Waals surface area (Å²) >= 11 is 0. The van der Waals surface area contributed by atoms with Crippen molar-refractivity contribution < 1.29 is 20.1 Å². The number of aromatic nitrogens is 1. The molecule has 3 aromatic carbocycles. The van der Waals surface area contributed by atoms with Gasteiger partial charge in [0.05, 0.1) is 5.69 Å². The number of rotatable bonds is 3. The Morgan fingerprint density at radius 3 is 1.52 bits per heavy atom. The molecular formula is C23H17IrN+3. The molecule has 0 bridgehead atoms. The molecule has 0 aliphatic carbocycles. The number of pyridine rings is 1. The first kappa shape index (κ1) is 17.3. The number of hydrogen-bond acceptors (Lipinski definition) is 1. The van der Waals surface area contributed by atoms with Gasteiger partial charge in [-0.1, -0.05) is 91.0 Å². The zero-order valence-corrected chi connectivity index (χ0v) is 16.0. The van der Waals surface area contributed by atoms with Crippen LogP contribution in [-0.2, 0) is 20.1 Å². The third-order valence-electron chi connectivity index (χ3n) is 4.15. The largest absolute Gasteiger partial charge is 3.00 e. The summed E-state index contributed by atoms with van der Waals surface area (Å²) in [4.78, 5) is 4.71. The number of nitrogens with zero attached hydrogens (tertiary/aromatic N) is 1. The van der Waals surface area contributed by atoms with E-state index < -0.39 is 0 Å². The van der Waals surface area contributed by atoms with Gasteiger partial charge in [-0.3, -0.25) is 4.98 Å². The Morgan fingerprint density at radius 2 is 0.960 bits per heavy atom. The van der Waals surface area contributed by atoms with E-state index in [0.717, 1.165) is 11.3 Å². The van der Waals surface area contributed by atoms with Crippen LogP contribution >= 0.6 is 0 Å². The maximum atomic E-state index is 4.71. The molecule has 0 N–H and O–H groups in total. The summed E-state index contributed by atoms with van der Waals surface area (Å²) in [5.74, 6) is 0. The van der Waals surface area contributed by atoms with E-state index in [1.165, 1.54) is 22.3 Å². The third kappa shape index (κ3) is 3.61. The van der Waals surface area contributed by atoms with Gasteiger partial charge in [0.2, 0.25) is 0 Å². The molecule has 0 unspecified atom stereocenters. The van der Waals surface area contributed by atoms with Crippen LogP contribution in [0.5, 0.6) is 0 Å². The Morgan fingerprint density at radius 1 is 0.480 bits per heavy atom. The van der Waals surface area contributed by atoms with E-state index in [1.54, 1.807) is 0 Å². The zero-order valence-electron chi connectivity index (χ0n) is 13.6. The zero-order chi connectivity index (χ0) is 16.2. The number of hydrogen-bond donors (Lipinski definition) is 0. The predicted octanol–water partition coefficient (Wildman–Crippen LogP) is 6.08. The standard InChI is InChI=1S/C23H17N.Ir/c1-4-10-18(11-5-1)21-16-17-24-23(20-14-8-3-9-15-20)22(21)19-12-6-2-7-13-19;/h1-17H;/q;+3. The van der Waals surface area contributed by atoms with Crippen molar-refractivity contribution in [3.8, 4) is 33.5 Å². The Balaban J connectivity index is 0.00000182. The molecule has 0 amide bonds. The SMILES string of the molecule is [Ir+3].c1ccc(-c2ccnc(-c3ccccc3)c2-c2ccccc2)cc1. The van der Waals surface area contributed by atoms with E-state index in [0.29, 0.717) is 0 Å². The first-order chi connectivity index (χ1) is 11.9. The molecular weight excluding hydrogens is 482 g/mol. The second-order valence-corrected chi connectivity index (χ2v) is 5.68. The van der Waals surface area contributed by atoms with Crippen LogP contribution in [-0.4, -0.2) is 4.98 Å². The van der Waals surface area contributed by atoms with Crippen LogP contribution in [0.4, 0.5) is 0 Å². The molecule has 4 aromatic rings. The summed E-state index contributed by atoms with van der Waals surface area (Å²) in [5.41, 5.74) is 6.92. The molecule has 0 aliphatic rings. The molecule has 0 spiro atoms. The van der Waals surface area contributed by atoms with Crippen molar-refractivity contribution in [2.45, 2.75) is 0 Å². The van der Waals surface area contributed by atoms with Gasteiger partial charge < -0.3 is 0 Å². The molecule has 0 fully saturated rings. The number of benzene rings is 3. The van der Waals surface area contributed by atoms with E-state index in [2.05, 4.69) is 78.9 Å². The van der Waals surface area contributed by atoms with Crippen LogP contribution in [0.1, 0.15) is 0 Å². The molecule has 0 saturated heterocycles. The van der Waals surface area contributed by atoms with Crippen LogP contribution in [0.3, 0.4) is 0 Å². The van der Waals surface area contributed by atoms with Crippen molar-refractivity contribution in [1.82, 2.24) is 4.98 Å². The molecule has 0 radical (unpaired) electrons. The summed E-state index contributed by atoms with van der Waals surface area (Å²) in [5, 5.41) is 0. The van der Waals surface area contributed by atoms with Crippen LogP contribution in [0, 0.1) is 0 Å². The molecule has 120 valence electrons. The van der Waals surface area contributed by atoms with Gasteiger partial charge in [-0.2, -0.15) is 0 Å². The Kier molecular flexibility index (Phi) is 5.55. The molecule has 25 heavy (non-hydrogen) atoms. The van der Waals surface area contributed by atoms with Crippen LogP contribution in [0.25, 0.3) is 33.5 Å². The molecule has 2 heteroatoms. The van der Waals surface area contributed by atoms with Crippen molar-refractivity contribution in [3.05, 3.63) is 103 Å². The minimum atomic E-state index is 0. The van der Waals surface area contributed by atoms with Crippen LogP contribution < -0.4 is 0 Å². The van der Waals surface area contributed by atoms with Gasteiger partial charge in [0.1, 0.15) is 0 Å². The maximum Gasteiger partial charge on any atom is 3.00 e. The fraction of sp³-hybridized carbons (Fsp3) is 0. The van der Waals surface area contributed by atoms with Crippen LogP contribution in [0.15, 0.2) is 103 Å². The smallest absolute Gasteiger partial charge is 0.256 e. The van der Waals surface area contributed by atoms with E-state index >= 15 is 0 Å². The van der Waals surface area contributed by atoms with Gasteiger partial charge in [0, 0.05) is 17.3 Å². The van der Waals surface area contributed by atoms with Gasteiger partial charge in [0.15, 0.2) is 0 Å². The topological polar surface area (TPSA) is 12.9 Å². The van der Waals surface area contributed by atoms with E-state index in [9.17, 15) is 0 Å². The monoisotopic (exact) mass is 500 g/mol. The average molecular weight is 500 g/mol. The van der Waals surface area contributed by atoms with Gasteiger partial charge in [-0.15, -0.1) is 0 Å².